The van der Waals surface area contributed by atoms with E-state index in [2.05, 4.69) is 10.3 Å². The second kappa shape index (κ2) is 2.58. The summed E-state index contributed by atoms with van der Waals surface area (Å²) < 4.78 is 0. The van der Waals surface area contributed by atoms with Crippen molar-refractivity contribution >= 4 is 12.3 Å². The van der Waals surface area contributed by atoms with Gasteiger partial charge in [-0.05, 0) is 12.1 Å². The maximum atomic E-state index is 4.03. The van der Waals surface area contributed by atoms with Gasteiger partial charge in [-0.1, -0.05) is 6.08 Å². The van der Waals surface area contributed by atoms with E-state index in [4.69, 9.17) is 0 Å². The van der Waals surface area contributed by atoms with E-state index in [0.29, 0.717) is 0 Å². The Morgan fingerprint density at radius 1 is 1.27 bits per heavy atom. The molecule has 0 saturated heterocycles. The molecule has 0 amide bonds. The fraction of sp³-hybridized carbons (Fsp3) is 0. The summed E-state index contributed by atoms with van der Waals surface area (Å²) in [5.74, 6) is 0. The average Bonchev–Trinajstić information content (AvgIpc) is 2.28. The summed E-state index contributed by atoms with van der Waals surface area (Å²) in [6.07, 6.45) is 11.5. The van der Waals surface area contributed by atoms with Crippen molar-refractivity contribution in [3.63, 3.8) is 0 Å². The van der Waals surface area contributed by atoms with E-state index in [0.717, 1.165) is 5.22 Å². The zero-order valence-corrected chi connectivity index (χ0v) is 5.99. The quantitative estimate of drug-likeness (QED) is 0.541. The third kappa shape index (κ3) is 1.15. The molecule has 1 aliphatic rings. The van der Waals surface area contributed by atoms with Crippen LogP contribution in [0.2, 0.25) is 0 Å². The third-order valence-electron chi connectivity index (χ3n) is 1.59. The van der Waals surface area contributed by atoms with Gasteiger partial charge in [-0.3, -0.25) is 4.98 Å². The minimum Gasteiger partial charge on any atom is -0.367 e. The summed E-state index contributed by atoms with van der Waals surface area (Å²) in [6, 6.07) is 1.98. The van der Waals surface area contributed by atoms with Crippen molar-refractivity contribution in [2.45, 2.75) is 0 Å². The summed E-state index contributed by atoms with van der Waals surface area (Å²) in [5, 5.41) is 5.36. The van der Waals surface area contributed by atoms with Crippen LogP contribution in [-0.4, -0.2) is 4.98 Å². The van der Waals surface area contributed by atoms with Gasteiger partial charge in [0.25, 0.3) is 0 Å². The van der Waals surface area contributed by atoms with Crippen LogP contribution >= 0.6 is 0 Å². The zero-order valence-electron chi connectivity index (χ0n) is 5.99. The summed E-state index contributed by atoms with van der Waals surface area (Å²) in [4.78, 5) is 4.03. The van der Waals surface area contributed by atoms with Crippen molar-refractivity contribution in [3.8, 4) is 0 Å². The van der Waals surface area contributed by atoms with Gasteiger partial charge in [0.15, 0.2) is 0 Å². The lowest BCUT2D eigenvalue weighted by atomic mass is 10.3. The van der Waals surface area contributed by atoms with E-state index in [-0.39, 0.29) is 0 Å². The summed E-state index contributed by atoms with van der Waals surface area (Å²) in [5.41, 5.74) is 0. The van der Waals surface area contributed by atoms with Gasteiger partial charge in [0.1, 0.15) is 0 Å². The summed E-state index contributed by atoms with van der Waals surface area (Å²) >= 11 is 0. The van der Waals surface area contributed by atoms with E-state index in [1.165, 1.54) is 5.22 Å². The number of fused-ring (bicyclic) bond motifs is 1. The van der Waals surface area contributed by atoms with Crippen LogP contribution in [0.15, 0.2) is 30.7 Å². The van der Waals surface area contributed by atoms with Gasteiger partial charge in [0, 0.05) is 35.2 Å². The molecule has 0 radical (unpaired) electrons. The van der Waals surface area contributed by atoms with E-state index in [1.807, 2.05) is 36.8 Å². The highest BCUT2D eigenvalue weighted by molar-refractivity contribution is 5.41. The van der Waals surface area contributed by atoms with Gasteiger partial charge < -0.3 is 5.32 Å². The standard InChI is InChI=1S/C9H8N2/c1-2-8-6-11-5-3-9(8)7-10-4-1/h1-7,10H. The summed E-state index contributed by atoms with van der Waals surface area (Å²) in [7, 11) is 0. The molecule has 54 valence electrons. The molecule has 1 aromatic heterocycles. The molecule has 2 nitrogen and oxygen atoms in total. The lowest BCUT2D eigenvalue weighted by Gasteiger charge is -1.86. The van der Waals surface area contributed by atoms with Gasteiger partial charge in [-0.2, -0.15) is 0 Å². The average molecular weight is 144 g/mol. The molecule has 1 aromatic rings. The molecule has 0 aliphatic carbocycles. The minimum atomic E-state index is 1.15. The largest absolute Gasteiger partial charge is 0.367 e. The third-order valence-corrected chi connectivity index (χ3v) is 1.59. The number of nitrogens with one attached hydrogen (secondary N) is 1. The number of hydrogen-bond acceptors (Lipinski definition) is 2. The Bertz CT molecular complexity index is 390. The molecule has 2 heterocycles. The van der Waals surface area contributed by atoms with Crippen molar-refractivity contribution in [3.05, 3.63) is 41.2 Å². The smallest absolute Gasteiger partial charge is 0.0346 e. The minimum absolute atomic E-state index is 1.15. The number of allylic oxidation sites excluding steroid dienone is 1. The lowest BCUT2D eigenvalue weighted by molar-refractivity contribution is 1.24. The first-order valence-electron chi connectivity index (χ1n) is 3.50. The molecule has 0 atom stereocenters. The second-order valence-electron chi connectivity index (χ2n) is 2.34. The molecule has 0 aromatic carbocycles. The van der Waals surface area contributed by atoms with Crippen LogP contribution in [-0.2, 0) is 0 Å². The lowest BCUT2D eigenvalue weighted by Crippen LogP contribution is -2.25. The van der Waals surface area contributed by atoms with E-state index in [9.17, 15) is 0 Å². The fourth-order valence-corrected chi connectivity index (χ4v) is 1.03. The Balaban J connectivity index is 2.81. The van der Waals surface area contributed by atoms with Gasteiger partial charge >= 0.3 is 0 Å². The Morgan fingerprint density at radius 2 is 2.27 bits per heavy atom. The molecule has 2 heteroatoms. The van der Waals surface area contributed by atoms with E-state index >= 15 is 0 Å². The Labute approximate surface area is 64.6 Å². The predicted octanol–water partition coefficient (Wildman–Crippen LogP) is -0.283. The number of hydrogen-bond donors (Lipinski definition) is 1. The van der Waals surface area contributed by atoms with Crippen molar-refractivity contribution in [2.24, 2.45) is 0 Å². The van der Waals surface area contributed by atoms with Crippen molar-refractivity contribution in [2.75, 3.05) is 0 Å². The van der Waals surface area contributed by atoms with E-state index < -0.39 is 0 Å². The predicted molar refractivity (Wildman–Crippen MR) is 44.7 cm³/mol. The molecule has 11 heavy (non-hydrogen) atoms. The van der Waals surface area contributed by atoms with Gasteiger partial charge in [0.05, 0.1) is 0 Å². The fourth-order valence-electron chi connectivity index (χ4n) is 1.03. The number of pyridine rings is 1. The molecular weight excluding hydrogens is 136 g/mol. The molecule has 0 bridgehead atoms. The van der Waals surface area contributed by atoms with Crippen molar-refractivity contribution in [1.82, 2.24) is 10.3 Å². The SMILES string of the molecule is C1=CNC=c2ccncc2=C1. The molecule has 0 spiro atoms. The van der Waals surface area contributed by atoms with Crippen LogP contribution in [0.3, 0.4) is 0 Å². The highest BCUT2D eigenvalue weighted by Gasteiger charge is 1.84. The Kier molecular flexibility index (Phi) is 1.44. The molecule has 2 rings (SSSR count). The van der Waals surface area contributed by atoms with Gasteiger partial charge in [-0.15, -0.1) is 0 Å². The molecule has 0 unspecified atom stereocenters. The Morgan fingerprint density at radius 3 is 3.27 bits per heavy atom. The highest BCUT2D eigenvalue weighted by atomic mass is 14.8. The first-order chi connectivity index (χ1) is 5.47. The van der Waals surface area contributed by atoms with Crippen LogP contribution in [0.4, 0.5) is 0 Å². The van der Waals surface area contributed by atoms with E-state index in [1.54, 1.807) is 6.20 Å². The number of nitrogens with zero attached hydrogens (tertiary/aromatic N) is 1. The molecule has 0 saturated carbocycles. The first-order valence-corrected chi connectivity index (χ1v) is 3.50. The molecule has 0 fully saturated rings. The topological polar surface area (TPSA) is 24.9 Å². The molecular formula is C9H8N2. The van der Waals surface area contributed by atoms with Crippen LogP contribution in [0.1, 0.15) is 0 Å². The maximum Gasteiger partial charge on any atom is 0.0346 e. The first kappa shape index (κ1) is 6.16. The van der Waals surface area contributed by atoms with Crippen molar-refractivity contribution in [1.29, 1.82) is 0 Å². The van der Waals surface area contributed by atoms with Crippen LogP contribution in [0.25, 0.3) is 12.3 Å². The Hall–Kier alpha value is -1.57. The second-order valence-corrected chi connectivity index (χ2v) is 2.34. The van der Waals surface area contributed by atoms with Crippen molar-refractivity contribution < 1.29 is 0 Å². The normalized spacial score (nSPS) is 13.5. The maximum absolute atomic E-state index is 4.03. The number of rotatable bonds is 0. The zero-order chi connectivity index (χ0) is 7.52. The molecule has 1 aliphatic heterocycles. The van der Waals surface area contributed by atoms with Gasteiger partial charge in [-0.25, -0.2) is 0 Å². The van der Waals surface area contributed by atoms with Crippen LogP contribution in [0.5, 0.6) is 0 Å². The van der Waals surface area contributed by atoms with Crippen LogP contribution < -0.4 is 15.8 Å². The van der Waals surface area contributed by atoms with Gasteiger partial charge in [0.2, 0.25) is 0 Å². The monoisotopic (exact) mass is 144 g/mol. The number of aromatic nitrogens is 1. The molecule has 1 N–H and O–H groups in total. The van der Waals surface area contributed by atoms with Crippen LogP contribution in [0, 0.1) is 0 Å². The summed E-state index contributed by atoms with van der Waals surface area (Å²) in [6.45, 7) is 0. The highest BCUT2D eigenvalue weighted by Crippen LogP contribution is 1.74.